The highest BCUT2D eigenvalue weighted by molar-refractivity contribution is 7.71. The molecule has 14 heavy (non-hydrogen) atoms. The fourth-order valence-electron chi connectivity index (χ4n) is 1.26. The molecule has 0 spiro atoms. The minimum absolute atomic E-state index is 0.0740. The third-order valence-electron chi connectivity index (χ3n) is 1.93. The molecule has 2 N–H and O–H groups in total. The van der Waals surface area contributed by atoms with Crippen LogP contribution in [0.5, 0.6) is 0 Å². The van der Waals surface area contributed by atoms with Crippen LogP contribution in [0.3, 0.4) is 0 Å². The standard InChI is InChI=1S/C8H10N4OS/c1-4(2)12-3-10-5-6(12)11-8(9)13-7(5)14/h3-4H,1-2H3,(H2,9,11). The number of hydrogen-bond donors (Lipinski definition) is 1. The number of anilines is 1. The Kier molecular flexibility index (Phi) is 1.99. The lowest BCUT2D eigenvalue weighted by Gasteiger charge is -2.06. The fourth-order valence-corrected chi connectivity index (χ4v) is 1.49. The summed E-state index contributed by atoms with van der Waals surface area (Å²) in [5.41, 5.74) is 6.73. The molecule has 2 rings (SSSR count). The molecule has 2 aromatic heterocycles. The summed E-state index contributed by atoms with van der Waals surface area (Å²) in [5.74, 6) is 0. The molecule has 2 heterocycles. The number of aromatic nitrogens is 3. The summed E-state index contributed by atoms with van der Waals surface area (Å²) < 4.78 is 7.17. The number of fused-ring (bicyclic) bond motifs is 1. The van der Waals surface area contributed by atoms with Crippen molar-refractivity contribution in [2.75, 3.05) is 5.73 Å². The Balaban J connectivity index is 2.85. The zero-order valence-corrected chi connectivity index (χ0v) is 8.71. The van der Waals surface area contributed by atoms with E-state index in [4.69, 9.17) is 22.4 Å². The molecule has 0 unspecified atom stereocenters. The summed E-state index contributed by atoms with van der Waals surface area (Å²) >= 11 is 4.98. The predicted molar refractivity (Wildman–Crippen MR) is 55.4 cm³/mol. The number of nitrogens with zero attached hydrogens (tertiary/aromatic N) is 3. The SMILES string of the molecule is CC(C)n1cnc2c(=S)oc(N)nc21. The van der Waals surface area contributed by atoms with Gasteiger partial charge >= 0.3 is 0 Å². The van der Waals surface area contributed by atoms with Crippen LogP contribution in [0, 0.1) is 4.71 Å². The number of nitrogens with two attached hydrogens (primary N) is 1. The van der Waals surface area contributed by atoms with Gasteiger partial charge in [0.2, 0.25) is 4.71 Å². The highest BCUT2D eigenvalue weighted by atomic mass is 32.1. The van der Waals surface area contributed by atoms with E-state index in [0.717, 1.165) is 0 Å². The Morgan fingerprint density at radius 1 is 1.57 bits per heavy atom. The van der Waals surface area contributed by atoms with Gasteiger partial charge in [-0.2, -0.15) is 4.98 Å². The van der Waals surface area contributed by atoms with Crippen LogP contribution in [0.1, 0.15) is 19.9 Å². The number of hydrogen-bond acceptors (Lipinski definition) is 5. The van der Waals surface area contributed by atoms with Crippen molar-refractivity contribution >= 4 is 29.4 Å². The lowest BCUT2D eigenvalue weighted by Crippen LogP contribution is -2.01. The molecule has 0 aromatic carbocycles. The van der Waals surface area contributed by atoms with Crippen molar-refractivity contribution < 1.29 is 4.42 Å². The van der Waals surface area contributed by atoms with Gasteiger partial charge in [0.1, 0.15) is 0 Å². The van der Waals surface area contributed by atoms with Crippen LogP contribution in [0.15, 0.2) is 10.7 Å². The zero-order valence-electron chi connectivity index (χ0n) is 7.89. The molecule has 0 amide bonds. The first-order valence-corrected chi connectivity index (χ1v) is 4.63. The van der Waals surface area contributed by atoms with Gasteiger partial charge in [0.15, 0.2) is 11.2 Å². The summed E-state index contributed by atoms with van der Waals surface area (Å²) in [7, 11) is 0. The Labute approximate surface area is 85.6 Å². The molecule has 0 bridgehead atoms. The fraction of sp³-hybridized carbons (Fsp3) is 0.375. The van der Waals surface area contributed by atoms with Crippen molar-refractivity contribution in [1.29, 1.82) is 0 Å². The highest BCUT2D eigenvalue weighted by Gasteiger charge is 2.10. The van der Waals surface area contributed by atoms with Gasteiger partial charge in [-0.1, -0.05) is 0 Å². The van der Waals surface area contributed by atoms with E-state index < -0.39 is 0 Å². The molecule has 0 radical (unpaired) electrons. The lowest BCUT2D eigenvalue weighted by molar-refractivity contribution is 0.541. The van der Waals surface area contributed by atoms with Crippen molar-refractivity contribution in [3.63, 3.8) is 0 Å². The summed E-state index contributed by atoms with van der Waals surface area (Å²) in [6.07, 6.45) is 1.69. The van der Waals surface area contributed by atoms with E-state index in [-0.39, 0.29) is 16.8 Å². The Hall–Kier alpha value is -1.43. The zero-order chi connectivity index (χ0) is 10.3. The monoisotopic (exact) mass is 210 g/mol. The second kappa shape index (κ2) is 3.06. The molecule has 5 nitrogen and oxygen atoms in total. The quantitative estimate of drug-likeness (QED) is 0.728. The topological polar surface area (TPSA) is 69.9 Å². The largest absolute Gasteiger partial charge is 0.412 e. The first-order chi connectivity index (χ1) is 6.59. The summed E-state index contributed by atoms with van der Waals surface area (Å²) in [5, 5.41) is 0. The molecule has 0 aliphatic rings. The Morgan fingerprint density at radius 3 is 2.93 bits per heavy atom. The van der Waals surface area contributed by atoms with Crippen LogP contribution in [-0.2, 0) is 0 Å². The molecule has 0 atom stereocenters. The first-order valence-electron chi connectivity index (χ1n) is 4.22. The van der Waals surface area contributed by atoms with Gasteiger partial charge in [-0.05, 0) is 26.1 Å². The minimum atomic E-state index is 0.0740. The number of rotatable bonds is 1. The van der Waals surface area contributed by atoms with Crippen LogP contribution < -0.4 is 5.73 Å². The van der Waals surface area contributed by atoms with E-state index >= 15 is 0 Å². The molecule has 6 heteroatoms. The van der Waals surface area contributed by atoms with Gasteiger partial charge in [0, 0.05) is 6.04 Å². The normalized spacial score (nSPS) is 11.4. The molecule has 0 saturated carbocycles. The molecule has 0 aliphatic heterocycles. The first kappa shape index (κ1) is 9.14. The van der Waals surface area contributed by atoms with Gasteiger partial charge in [-0.3, -0.25) is 0 Å². The maximum Gasteiger partial charge on any atom is 0.295 e. The summed E-state index contributed by atoms with van der Waals surface area (Å²) in [6.45, 7) is 4.07. The second-order valence-electron chi connectivity index (χ2n) is 3.26. The third kappa shape index (κ3) is 1.27. The lowest BCUT2D eigenvalue weighted by atomic mass is 10.4. The van der Waals surface area contributed by atoms with E-state index in [1.54, 1.807) is 6.33 Å². The molecule has 0 saturated heterocycles. The highest BCUT2D eigenvalue weighted by Crippen LogP contribution is 2.17. The van der Waals surface area contributed by atoms with Gasteiger partial charge in [-0.15, -0.1) is 0 Å². The van der Waals surface area contributed by atoms with Crippen molar-refractivity contribution in [3.05, 3.63) is 11.0 Å². The molecular formula is C8H10N4OS. The number of imidazole rings is 1. The van der Waals surface area contributed by atoms with E-state index in [1.165, 1.54) is 0 Å². The van der Waals surface area contributed by atoms with Crippen LogP contribution in [0.25, 0.3) is 11.2 Å². The smallest absolute Gasteiger partial charge is 0.295 e. The van der Waals surface area contributed by atoms with Gasteiger partial charge in [-0.25, -0.2) is 4.98 Å². The van der Waals surface area contributed by atoms with Crippen molar-refractivity contribution in [2.24, 2.45) is 0 Å². The third-order valence-corrected chi connectivity index (χ3v) is 2.21. The van der Waals surface area contributed by atoms with E-state index in [0.29, 0.717) is 11.2 Å². The van der Waals surface area contributed by atoms with Crippen LogP contribution in [0.4, 0.5) is 6.01 Å². The molecule has 74 valence electrons. The van der Waals surface area contributed by atoms with E-state index in [9.17, 15) is 0 Å². The second-order valence-corrected chi connectivity index (χ2v) is 3.63. The van der Waals surface area contributed by atoms with Crippen LogP contribution >= 0.6 is 12.2 Å². The van der Waals surface area contributed by atoms with Crippen molar-refractivity contribution in [2.45, 2.75) is 19.9 Å². The van der Waals surface area contributed by atoms with Crippen LogP contribution in [-0.4, -0.2) is 14.5 Å². The van der Waals surface area contributed by atoms with E-state index in [2.05, 4.69) is 9.97 Å². The van der Waals surface area contributed by atoms with Gasteiger partial charge in [0.25, 0.3) is 6.01 Å². The average molecular weight is 210 g/mol. The van der Waals surface area contributed by atoms with E-state index in [1.807, 2.05) is 18.4 Å². The van der Waals surface area contributed by atoms with Gasteiger partial charge < -0.3 is 14.7 Å². The average Bonchev–Trinajstić information content (AvgIpc) is 2.47. The Bertz CT molecular complexity index is 528. The van der Waals surface area contributed by atoms with Gasteiger partial charge in [0.05, 0.1) is 6.33 Å². The molecule has 0 fully saturated rings. The maximum absolute atomic E-state index is 5.47. The van der Waals surface area contributed by atoms with Crippen LogP contribution in [0.2, 0.25) is 0 Å². The van der Waals surface area contributed by atoms with Crippen molar-refractivity contribution in [3.8, 4) is 0 Å². The van der Waals surface area contributed by atoms with Crippen molar-refractivity contribution in [1.82, 2.24) is 14.5 Å². The number of nitrogen functional groups attached to an aromatic ring is 1. The molecule has 2 aromatic rings. The minimum Gasteiger partial charge on any atom is -0.412 e. The molecular weight excluding hydrogens is 200 g/mol. The maximum atomic E-state index is 5.47. The predicted octanol–water partition coefficient (Wildman–Crippen LogP) is 1.92. The summed E-state index contributed by atoms with van der Waals surface area (Å²) in [6, 6.07) is 0.341. The Morgan fingerprint density at radius 2 is 2.29 bits per heavy atom. The molecule has 0 aliphatic carbocycles. The summed E-state index contributed by atoms with van der Waals surface area (Å²) in [4.78, 5) is 8.19.